The molecule has 0 saturated carbocycles. The van der Waals surface area contributed by atoms with Crippen molar-refractivity contribution in [3.8, 4) is 0 Å². The Morgan fingerprint density at radius 1 is 1.32 bits per heavy atom. The Hall–Kier alpha value is -1.71. The van der Waals surface area contributed by atoms with Crippen molar-refractivity contribution in [1.82, 2.24) is 9.88 Å². The molecule has 3 fully saturated rings. The normalized spacial score (nSPS) is 32.0. The highest BCUT2D eigenvalue weighted by Crippen LogP contribution is 2.41. The number of rotatable bonds is 3. The molecule has 0 radical (unpaired) electrons. The van der Waals surface area contributed by atoms with E-state index < -0.39 is 6.10 Å². The van der Waals surface area contributed by atoms with E-state index in [4.69, 9.17) is 0 Å². The molecule has 1 unspecified atom stereocenters. The van der Waals surface area contributed by atoms with E-state index in [1.807, 2.05) is 30.5 Å². The average molecular weight is 294 g/mol. The minimum atomic E-state index is -0.443. The largest absolute Gasteiger partial charge is 0.387 e. The van der Waals surface area contributed by atoms with Crippen LogP contribution in [-0.2, 0) is 0 Å². The van der Waals surface area contributed by atoms with Gasteiger partial charge in [0.2, 0.25) is 0 Å². The van der Waals surface area contributed by atoms with Gasteiger partial charge in [-0.25, -0.2) is 0 Å². The monoisotopic (exact) mass is 294 g/mol. The van der Waals surface area contributed by atoms with Crippen LogP contribution < -0.4 is 0 Å². The summed E-state index contributed by atoms with van der Waals surface area (Å²) in [7, 11) is 0. The van der Waals surface area contributed by atoms with E-state index >= 15 is 0 Å². The summed E-state index contributed by atoms with van der Waals surface area (Å²) < 4.78 is 0. The molecule has 3 aliphatic heterocycles. The third kappa shape index (κ3) is 2.16. The van der Waals surface area contributed by atoms with E-state index in [0.717, 1.165) is 36.0 Å². The second kappa shape index (κ2) is 5.49. The fraction of sp³-hybridized carbons (Fsp3) is 0.421. The molecule has 3 aliphatic rings. The molecule has 2 bridgehead atoms. The summed E-state index contributed by atoms with van der Waals surface area (Å²) in [4.78, 5) is 6.86. The van der Waals surface area contributed by atoms with Gasteiger partial charge in [-0.3, -0.25) is 9.88 Å². The number of nitrogens with zero attached hydrogens (tertiary/aromatic N) is 2. The predicted molar refractivity (Wildman–Crippen MR) is 88.5 cm³/mol. The van der Waals surface area contributed by atoms with Crippen LogP contribution in [0.15, 0.2) is 49.2 Å². The number of pyridine rings is 1. The molecule has 3 nitrogen and oxygen atoms in total. The highest BCUT2D eigenvalue weighted by atomic mass is 16.3. The Morgan fingerprint density at radius 3 is 2.95 bits per heavy atom. The minimum Gasteiger partial charge on any atom is -0.387 e. The van der Waals surface area contributed by atoms with Crippen molar-refractivity contribution in [3.63, 3.8) is 0 Å². The van der Waals surface area contributed by atoms with Crippen LogP contribution in [-0.4, -0.2) is 34.1 Å². The molecule has 0 amide bonds. The Balaban J connectivity index is 1.67. The van der Waals surface area contributed by atoms with Crippen LogP contribution >= 0.6 is 0 Å². The van der Waals surface area contributed by atoms with Gasteiger partial charge in [-0.1, -0.05) is 24.3 Å². The number of hydrogen-bond acceptors (Lipinski definition) is 3. The van der Waals surface area contributed by atoms with Crippen LogP contribution in [0.4, 0.5) is 0 Å². The molecule has 1 aromatic heterocycles. The van der Waals surface area contributed by atoms with Crippen LogP contribution in [0.2, 0.25) is 0 Å². The van der Waals surface area contributed by atoms with Gasteiger partial charge < -0.3 is 5.11 Å². The molecule has 3 saturated heterocycles. The molecule has 114 valence electrons. The van der Waals surface area contributed by atoms with Crippen LogP contribution in [0.25, 0.3) is 10.9 Å². The third-order valence-electron chi connectivity index (χ3n) is 5.52. The first-order valence-electron chi connectivity index (χ1n) is 8.16. The maximum atomic E-state index is 11.0. The summed E-state index contributed by atoms with van der Waals surface area (Å²) in [6.45, 7) is 6.11. The summed E-state index contributed by atoms with van der Waals surface area (Å²) in [5, 5.41) is 12.1. The van der Waals surface area contributed by atoms with E-state index in [-0.39, 0.29) is 6.04 Å². The quantitative estimate of drug-likeness (QED) is 0.883. The molecule has 5 rings (SSSR count). The number of aliphatic hydroxyl groups excluding tert-OH is 1. The second-order valence-corrected chi connectivity index (χ2v) is 6.61. The lowest BCUT2D eigenvalue weighted by Gasteiger charge is -2.50. The van der Waals surface area contributed by atoms with Gasteiger partial charge in [-0.05, 0) is 48.9 Å². The molecular formula is C19H22N2O. The zero-order valence-corrected chi connectivity index (χ0v) is 12.7. The smallest absolute Gasteiger partial charge is 0.0952 e. The summed E-state index contributed by atoms with van der Waals surface area (Å²) in [5.74, 6) is 1.27. The molecule has 22 heavy (non-hydrogen) atoms. The topological polar surface area (TPSA) is 36.4 Å². The Kier molecular flexibility index (Phi) is 3.47. The standard InChI is InChI=1S/C19H22N2O/c1-2-13-12-21-10-8-14(13)11-18(21)19(22)16-7-9-20-17-6-4-3-5-15(16)17/h2-7,9,13-14,18-19,22H,1,8,10-12H2/t13-,14-,18-,19-/m0/s1. The zero-order valence-electron chi connectivity index (χ0n) is 12.7. The van der Waals surface area contributed by atoms with Gasteiger partial charge in [-0.2, -0.15) is 0 Å². The van der Waals surface area contributed by atoms with Crippen molar-refractivity contribution in [1.29, 1.82) is 0 Å². The van der Waals surface area contributed by atoms with Crippen molar-refractivity contribution < 1.29 is 5.11 Å². The lowest BCUT2D eigenvalue weighted by Crippen LogP contribution is -2.54. The van der Waals surface area contributed by atoms with Crippen LogP contribution in [0.3, 0.4) is 0 Å². The number of piperidine rings is 3. The first-order valence-corrected chi connectivity index (χ1v) is 8.16. The minimum absolute atomic E-state index is 0.223. The lowest BCUT2D eigenvalue weighted by atomic mass is 9.73. The molecule has 2 aromatic rings. The fourth-order valence-corrected chi connectivity index (χ4v) is 4.29. The van der Waals surface area contributed by atoms with Crippen LogP contribution in [0, 0.1) is 11.8 Å². The average Bonchev–Trinajstić information content (AvgIpc) is 2.60. The van der Waals surface area contributed by atoms with Gasteiger partial charge in [0.25, 0.3) is 0 Å². The summed E-state index contributed by atoms with van der Waals surface area (Å²) in [6, 6.07) is 10.3. The van der Waals surface area contributed by atoms with Crippen molar-refractivity contribution in [2.45, 2.75) is 25.0 Å². The fourth-order valence-electron chi connectivity index (χ4n) is 4.29. The van der Waals surface area contributed by atoms with Crippen molar-refractivity contribution in [3.05, 3.63) is 54.7 Å². The predicted octanol–water partition coefficient (Wildman–Crippen LogP) is 3.16. The highest BCUT2D eigenvalue weighted by Gasteiger charge is 2.42. The van der Waals surface area contributed by atoms with E-state index in [2.05, 4.69) is 28.6 Å². The van der Waals surface area contributed by atoms with Crippen LogP contribution in [0.5, 0.6) is 0 Å². The van der Waals surface area contributed by atoms with Gasteiger partial charge >= 0.3 is 0 Å². The SMILES string of the molecule is C=C[C@H]1CN2CC[C@H]1C[C@H]2[C@@H](O)c1ccnc2ccccc12. The van der Waals surface area contributed by atoms with Gasteiger partial charge in [0, 0.05) is 24.2 Å². The number of aliphatic hydroxyl groups is 1. The van der Waals surface area contributed by atoms with Crippen molar-refractivity contribution in [2.24, 2.45) is 11.8 Å². The molecule has 4 heterocycles. The van der Waals surface area contributed by atoms with E-state index in [9.17, 15) is 5.11 Å². The molecular weight excluding hydrogens is 272 g/mol. The van der Waals surface area contributed by atoms with Gasteiger partial charge in [0.15, 0.2) is 0 Å². The van der Waals surface area contributed by atoms with Crippen molar-refractivity contribution >= 4 is 10.9 Å². The third-order valence-corrected chi connectivity index (χ3v) is 5.52. The lowest BCUT2D eigenvalue weighted by molar-refractivity contribution is -0.0444. The Labute approximate surface area is 131 Å². The highest BCUT2D eigenvalue weighted by molar-refractivity contribution is 5.82. The molecule has 3 heteroatoms. The summed E-state index contributed by atoms with van der Waals surface area (Å²) in [6.07, 6.45) is 5.76. The molecule has 1 N–H and O–H groups in total. The Bertz CT molecular complexity index is 693. The van der Waals surface area contributed by atoms with E-state index in [1.54, 1.807) is 0 Å². The number of aromatic nitrogens is 1. The number of benzene rings is 1. The van der Waals surface area contributed by atoms with Gasteiger partial charge in [-0.15, -0.1) is 6.58 Å². The molecule has 5 atom stereocenters. The summed E-state index contributed by atoms with van der Waals surface area (Å²) in [5.41, 5.74) is 1.97. The molecule has 0 aliphatic carbocycles. The van der Waals surface area contributed by atoms with E-state index in [0.29, 0.717) is 11.8 Å². The van der Waals surface area contributed by atoms with E-state index in [1.165, 1.54) is 6.42 Å². The number of fused-ring (bicyclic) bond motifs is 4. The Morgan fingerprint density at radius 2 is 2.18 bits per heavy atom. The molecule has 1 aromatic carbocycles. The summed E-state index contributed by atoms with van der Waals surface area (Å²) >= 11 is 0. The zero-order chi connectivity index (χ0) is 15.1. The maximum Gasteiger partial charge on any atom is 0.0952 e. The van der Waals surface area contributed by atoms with Gasteiger partial charge in [0.05, 0.1) is 11.6 Å². The molecule has 0 spiro atoms. The first-order chi connectivity index (χ1) is 10.8. The van der Waals surface area contributed by atoms with Gasteiger partial charge in [0.1, 0.15) is 0 Å². The maximum absolute atomic E-state index is 11.0. The van der Waals surface area contributed by atoms with Crippen LogP contribution in [0.1, 0.15) is 24.5 Å². The van der Waals surface area contributed by atoms with Crippen molar-refractivity contribution in [2.75, 3.05) is 13.1 Å². The number of hydrogen-bond donors (Lipinski definition) is 1. The second-order valence-electron chi connectivity index (χ2n) is 6.61. The number of para-hydroxylation sites is 1. The first kappa shape index (κ1) is 13.9.